The minimum absolute atomic E-state index is 0.139. The number of hydrogen-bond donors (Lipinski definition) is 2. The van der Waals surface area contributed by atoms with E-state index in [2.05, 4.69) is 6.92 Å². The van der Waals surface area contributed by atoms with E-state index in [4.69, 9.17) is 14.9 Å². The monoisotopic (exact) mass is 276 g/mol. The van der Waals surface area contributed by atoms with Crippen molar-refractivity contribution in [2.75, 3.05) is 13.2 Å². The van der Waals surface area contributed by atoms with Gasteiger partial charge >= 0.3 is 5.97 Å². The zero-order valence-corrected chi connectivity index (χ0v) is 12.9. The number of aliphatic hydroxyl groups is 2. The van der Waals surface area contributed by atoms with Gasteiger partial charge in [-0.15, -0.1) is 0 Å². The molecule has 0 aliphatic rings. The molecule has 4 heteroatoms. The van der Waals surface area contributed by atoms with E-state index in [1.54, 1.807) is 0 Å². The highest BCUT2D eigenvalue weighted by Crippen LogP contribution is 2.08. The van der Waals surface area contributed by atoms with Crippen LogP contribution >= 0.6 is 0 Å². The summed E-state index contributed by atoms with van der Waals surface area (Å²) in [4.78, 5) is 10.4. The van der Waals surface area contributed by atoms with Crippen LogP contribution in [0.15, 0.2) is 0 Å². The highest BCUT2D eigenvalue weighted by molar-refractivity contribution is 5.65. The zero-order chi connectivity index (χ0) is 14.9. The second-order valence-corrected chi connectivity index (χ2v) is 4.85. The molecule has 0 aromatic heterocycles. The maximum atomic E-state index is 10.4. The summed E-state index contributed by atoms with van der Waals surface area (Å²) in [7, 11) is 0. The molecule has 0 aromatic carbocycles. The first kappa shape index (κ1) is 20.7. The lowest BCUT2D eigenvalue weighted by atomic mass is 10.1. The van der Waals surface area contributed by atoms with Gasteiger partial charge in [0.2, 0.25) is 0 Å². The summed E-state index contributed by atoms with van der Waals surface area (Å²) in [5, 5.41) is 16.0. The summed E-state index contributed by atoms with van der Waals surface area (Å²) in [6, 6.07) is 0. The van der Waals surface area contributed by atoms with Gasteiger partial charge in [-0.3, -0.25) is 4.79 Å². The van der Waals surface area contributed by atoms with Crippen LogP contribution in [-0.2, 0) is 9.53 Å². The van der Waals surface area contributed by atoms with Gasteiger partial charge in [0.25, 0.3) is 0 Å². The lowest BCUT2D eigenvalue weighted by molar-refractivity contribution is -0.141. The summed E-state index contributed by atoms with van der Waals surface area (Å²) in [5.74, 6) is -0.159. The minimum atomic E-state index is -0.560. The number of ether oxygens (including phenoxy) is 1. The van der Waals surface area contributed by atoms with Gasteiger partial charge in [0.05, 0.1) is 19.3 Å². The third kappa shape index (κ3) is 26.8. The number of esters is 1. The average molecular weight is 276 g/mol. The SMILES string of the molecule is CC(O)CO.CCCCCCCCCCOC(C)=O. The van der Waals surface area contributed by atoms with E-state index in [-0.39, 0.29) is 12.6 Å². The Morgan fingerprint density at radius 2 is 1.47 bits per heavy atom. The van der Waals surface area contributed by atoms with Crippen LogP contribution in [0.25, 0.3) is 0 Å². The molecule has 2 N–H and O–H groups in total. The third-order valence-corrected chi connectivity index (χ3v) is 2.57. The molecule has 1 atom stereocenters. The van der Waals surface area contributed by atoms with Gasteiger partial charge < -0.3 is 14.9 Å². The van der Waals surface area contributed by atoms with Gasteiger partial charge in [-0.05, 0) is 13.3 Å². The van der Waals surface area contributed by atoms with Crippen molar-refractivity contribution in [2.45, 2.75) is 78.2 Å². The summed E-state index contributed by atoms with van der Waals surface area (Å²) >= 11 is 0. The van der Waals surface area contributed by atoms with Crippen molar-refractivity contribution >= 4 is 5.97 Å². The fourth-order valence-electron chi connectivity index (χ4n) is 1.45. The van der Waals surface area contributed by atoms with Gasteiger partial charge in [0, 0.05) is 6.92 Å². The van der Waals surface area contributed by atoms with Gasteiger partial charge in [0.1, 0.15) is 0 Å². The largest absolute Gasteiger partial charge is 0.466 e. The van der Waals surface area contributed by atoms with Crippen molar-refractivity contribution < 1.29 is 19.7 Å². The van der Waals surface area contributed by atoms with Crippen LogP contribution in [0.1, 0.15) is 72.1 Å². The first-order valence-corrected chi connectivity index (χ1v) is 7.46. The van der Waals surface area contributed by atoms with E-state index in [9.17, 15) is 4.79 Å². The number of hydrogen-bond acceptors (Lipinski definition) is 4. The smallest absolute Gasteiger partial charge is 0.302 e. The molecule has 0 heterocycles. The summed E-state index contributed by atoms with van der Waals surface area (Å²) in [5.41, 5.74) is 0. The standard InChI is InChI=1S/C12H24O2.C3H8O2/c1-3-4-5-6-7-8-9-10-11-14-12(2)13;1-3(5)2-4/h3-11H2,1-2H3;3-5H,2H2,1H3. The van der Waals surface area contributed by atoms with Crippen molar-refractivity contribution in [3.63, 3.8) is 0 Å². The molecule has 0 saturated heterocycles. The first-order chi connectivity index (χ1) is 9.04. The van der Waals surface area contributed by atoms with Gasteiger partial charge in [0.15, 0.2) is 0 Å². The summed E-state index contributed by atoms with van der Waals surface area (Å²) < 4.78 is 4.85. The molecule has 0 amide bonds. The van der Waals surface area contributed by atoms with Crippen LogP contribution in [0.2, 0.25) is 0 Å². The van der Waals surface area contributed by atoms with E-state index < -0.39 is 6.10 Å². The normalized spacial score (nSPS) is 11.4. The quantitative estimate of drug-likeness (QED) is 0.475. The Bertz CT molecular complexity index is 181. The lowest BCUT2D eigenvalue weighted by Crippen LogP contribution is -2.03. The van der Waals surface area contributed by atoms with Gasteiger partial charge in [-0.25, -0.2) is 0 Å². The molecule has 0 saturated carbocycles. The third-order valence-electron chi connectivity index (χ3n) is 2.57. The predicted octanol–water partition coefficient (Wildman–Crippen LogP) is 3.05. The maximum absolute atomic E-state index is 10.4. The van der Waals surface area contributed by atoms with Crippen molar-refractivity contribution in [3.05, 3.63) is 0 Å². The van der Waals surface area contributed by atoms with E-state index >= 15 is 0 Å². The molecule has 0 radical (unpaired) electrons. The second kappa shape index (κ2) is 17.4. The average Bonchev–Trinajstić information content (AvgIpc) is 2.37. The van der Waals surface area contributed by atoms with Crippen LogP contribution in [0.4, 0.5) is 0 Å². The highest BCUT2D eigenvalue weighted by atomic mass is 16.5. The van der Waals surface area contributed by atoms with E-state index in [1.807, 2.05) is 0 Å². The molecule has 0 bridgehead atoms. The van der Waals surface area contributed by atoms with Crippen molar-refractivity contribution in [2.24, 2.45) is 0 Å². The molecule has 0 aliphatic carbocycles. The number of carbonyl (C=O) groups excluding carboxylic acids is 1. The van der Waals surface area contributed by atoms with E-state index in [1.165, 1.54) is 58.8 Å². The topological polar surface area (TPSA) is 66.8 Å². The van der Waals surface area contributed by atoms with Gasteiger partial charge in [-0.2, -0.15) is 0 Å². The molecule has 116 valence electrons. The Morgan fingerprint density at radius 1 is 1.05 bits per heavy atom. The molecule has 0 aliphatic heterocycles. The summed E-state index contributed by atoms with van der Waals surface area (Å²) in [6.45, 7) is 5.69. The second-order valence-electron chi connectivity index (χ2n) is 4.85. The Hall–Kier alpha value is -0.610. The van der Waals surface area contributed by atoms with E-state index in [0.29, 0.717) is 6.61 Å². The molecule has 0 fully saturated rings. The summed E-state index contributed by atoms with van der Waals surface area (Å²) in [6.07, 6.45) is 9.69. The molecule has 1 unspecified atom stereocenters. The fourth-order valence-corrected chi connectivity index (χ4v) is 1.45. The molecular formula is C15H32O4. The van der Waals surface area contributed by atoms with Gasteiger partial charge in [-0.1, -0.05) is 51.9 Å². The Labute approximate surface area is 118 Å². The van der Waals surface area contributed by atoms with Crippen LogP contribution in [-0.4, -0.2) is 35.5 Å². The molecule has 0 aromatic rings. The number of aliphatic hydroxyl groups excluding tert-OH is 2. The Kier molecular flexibility index (Phi) is 18.9. The van der Waals surface area contributed by atoms with Crippen molar-refractivity contribution in [3.8, 4) is 0 Å². The Balaban J connectivity index is 0. The first-order valence-electron chi connectivity index (χ1n) is 7.46. The zero-order valence-electron chi connectivity index (χ0n) is 12.9. The van der Waals surface area contributed by atoms with Crippen LogP contribution < -0.4 is 0 Å². The highest BCUT2D eigenvalue weighted by Gasteiger charge is 1.93. The number of unbranched alkanes of at least 4 members (excludes halogenated alkanes) is 7. The predicted molar refractivity (Wildman–Crippen MR) is 78.0 cm³/mol. The molecule has 4 nitrogen and oxygen atoms in total. The minimum Gasteiger partial charge on any atom is -0.466 e. The molecular weight excluding hydrogens is 244 g/mol. The van der Waals surface area contributed by atoms with E-state index in [0.717, 1.165) is 6.42 Å². The van der Waals surface area contributed by atoms with Crippen LogP contribution in [0, 0.1) is 0 Å². The molecule has 19 heavy (non-hydrogen) atoms. The molecule has 0 spiro atoms. The molecule has 0 rings (SSSR count). The number of rotatable bonds is 10. The fraction of sp³-hybridized carbons (Fsp3) is 0.933. The van der Waals surface area contributed by atoms with Crippen molar-refractivity contribution in [1.82, 2.24) is 0 Å². The van der Waals surface area contributed by atoms with Crippen LogP contribution in [0.5, 0.6) is 0 Å². The maximum Gasteiger partial charge on any atom is 0.302 e. The number of carbonyl (C=O) groups is 1. The van der Waals surface area contributed by atoms with Crippen molar-refractivity contribution in [1.29, 1.82) is 0 Å². The van der Waals surface area contributed by atoms with Crippen LogP contribution in [0.3, 0.4) is 0 Å². The lowest BCUT2D eigenvalue weighted by Gasteiger charge is -2.02. The Morgan fingerprint density at radius 3 is 1.84 bits per heavy atom.